The molecule has 7 rings (SSSR count). The van der Waals surface area contributed by atoms with Crippen molar-refractivity contribution in [1.82, 2.24) is 29.8 Å². The van der Waals surface area contributed by atoms with Crippen molar-refractivity contribution in [3.63, 3.8) is 0 Å². The molecule has 0 amide bonds. The number of hydrogen-bond donors (Lipinski definition) is 1. The van der Waals surface area contributed by atoms with Crippen LogP contribution >= 0.6 is 11.3 Å². The van der Waals surface area contributed by atoms with Crippen LogP contribution in [-0.4, -0.2) is 60.4 Å². The maximum atomic E-state index is 12.8. The first kappa shape index (κ1) is 24.9. The summed E-state index contributed by atoms with van der Waals surface area (Å²) in [7, 11) is 2.83. The highest BCUT2D eigenvalue weighted by Crippen LogP contribution is 2.55. The van der Waals surface area contributed by atoms with Gasteiger partial charge in [0.2, 0.25) is 0 Å². The van der Waals surface area contributed by atoms with E-state index in [4.69, 9.17) is 20.2 Å². The van der Waals surface area contributed by atoms with Gasteiger partial charge in [0.1, 0.15) is 16.1 Å². The number of aromatic nitrogens is 5. The molecule has 3 aliphatic rings. The fraction of sp³-hybridized carbons (Fsp3) is 0.519. The van der Waals surface area contributed by atoms with Gasteiger partial charge in [-0.05, 0) is 71.0 Å². The molecular weight excluding hydrogens is 532 g/mol. The Balaban J connectivity index is 1.40. The summed E-state index contributed by atoms with van der Waals surface area (Å²) < 4.78 is 21.0. The standard InChI is InChI=1S/C27H30N8O2S2/c1-34(2)17-8-9-18(17)35-25-16(13-30-35)26(39(3)36)32-24(31-25)21-14-6-4-10-27(22(14)37-33-21)11-5-7-19-20(27)15(12-28)23(29)38-19/h13,17-18H,4-11,29H2,1-3H3/t17-,18-,27-,39?/m0/s1. The number of likely N-dealkylation sites (N-methyl/N-ethyl adjacent to an activating group) is 1. The van der Waals surface area contributed by atoms with Gasteiger partial charge in [0.25, 0.3) is 0 Å². The minimum Gasteiger partial charge on any atom is -0.389 e. The largest absolute Gasteiger partial charge is 0.389 e. The number of thiophene rings is 1. The van der Waals surface area contributed by atoms with Gasteiger partial charge in [-0.25, -0.2) is 14.6 Å². The van der Waals surface area contributed by atoms with Crippen molar-refractivity contribution in [3.05, 3.63) is 33.5 Å². The molecule has 4 heterocycles. The van der Waals surface area contributed by atoms with Crippen LogP contribution in [-0.2, 0) is 29.1 Å². The summed E-state index contributed by atoms with van der Waals surface area (Å²) in [6, 6.07) is 2.94. The minimum atomic E-state index is -1.34. The Morgan fingerprint density at radius 2 is 2.05 bits per heavy atom. The highest BCUT2D eigenvalue weighted by Gasteiger charge is 2.49. The van der Waals surface area contributed by atoms with Crippen molar-refractivity contribution in [2.45, 2.75) is 73.9 Å². The quantitative estimate of drug-likeness (QED) is 0.366. The summed E-state index contributed by atoms with van der Waals surface area (Å²) in [4.78, 5) is 13.2. The van der Waals surface area contributed by atoms with E-state index in [2.05, 4.69) is 35.3 Å². The Morgan fingerprint density at radius 3 is 2.74 bits per heavy atom. The molecule has 1 unspecified atom stereocenters. The topological polar surface area (TPSA) is 140 Å². The van der Waals surface area contributed by atoms with Gasteiger partial charge in [0, 0.05) is 22.7 Å². The smallest absolute Gasteiger partial charge is 0.185 e. The molecule has 4 aromatic rings. The van der Waals surface area contributed by atoms with Crippen LogP contribution in [0.2, 0.25) is 0 Å². The molecule has 12 heteroatoms. The minimum absolute atomic E-state index is 0.196. The van der Waals surface area contributed by atoms with Gasteiger partial charge in [-0.15, -0.1) is 11.3 Å². The number of hydrogen-bond acceptors (Lipinski definition) is 10. The van der Waals surface area contributed by atoms with Crippen molar-refractivity contribution in [1.29, 1.82) is 5.26 Å². The van der Waals surface area contributed by atoms with Crippen molar-refractivity contribution < 1.29 is 8.73 Å². The van der Waals surface area contributed by atoms with Gasteiger partial charge in [-0.1, -0.05) is 5.16 Å². The molecule has 10 nitrogen and oxygen atoms in total. The van der Waals surface area contributed by atoms with E-state index in [1.165, 1.54) is 16.2 Å². The average Bonchev–Trinajstić information content (AvgIpc) is 3.58. The molecule has 2 N–H and O–H groups in total. The fourth-order valence-corrected chi connectivity index (χ4v) is 8.87. The number of nitrogens with zero attached hydrogens (tertiary/aromatic N) is 7. The Morgan fingerprint density at radius 1 is 1.26 bits per heavy atom. The maximum absolute atomic E-state index is 12.8. The molecule has 4 aromatic heterocycles. The van der Waals surface area contributed by atoms with Crippen LogP contribution in [0.3, 0.4) is 0 Å². The van der Waals surface area contributed by atoms with Crippen LogP contribution < -0.4 is 5.73 Å². The number of fused-ring (bicyclic) bond motifs is 5. The molecule has 39 heavy (non-hydrogen) atoms. The third-order valence-electron chi connectivity index (χ3n) is 8.94. The second-order valence-corrected chi connectivity index (χ2v) is 13.6. The predicted octanol–water partition coefficient (Wildman–Crippen LogP) is 3.96. The molecular formula is C27H30N8O2S2. The number of nitriles is 1. The number of anilines is 1. The Bertz CT molecular complexity index is 1690. The van der Waals surface area contributed by atoms with Gasteiger partial charge in [-0.3, -0.25) is 4.21 Å². The van der Waals surface area contributed by atoms with Crippen LogP contribution in [0.5, 0.6) is 0 Å². The Hall–Kier alpha value is -3.14. The van der Waals surface area contributed by atoms with E-state index in [1.807, 2.05) is 4.68 Å². The molecule has 1 saturated carbocycles. The summed E-state index contributed by atoms with van der Waals surface area (Å²) in [6.45, 7) is 0. The zero-order chi connectivity index (χ0) is 27.1. The van der Waals surface area contributed by atoms with E-state index in [9.17, 15) is 9.47 Å². The molecule has 0 radical (unpaired) electrons. The van der Waals surface area contributed by atoms with E-state index >= 15 is 0 Å². The molecule has 0 saturated heterocycles. The Kier molecular flexibility index (Phi) is 5.70. The number of rotatable bonds is 4. The normalized spacial score (nSPS) is 24.9. The van der Waals surface area contributed by atoms with Crippen LogP contribution in [0.1, 0.15) is 71.9 Å². The van der Waals surface area contributed by atoms with E-state index < -0.39 is 16.2 Å². The molecule has 0 aliphatic heterocycles. The molecule has 1 spiro atoms. The third kappa shape index (κ3) is 3.49. The van der Waals surface area contributed by atoms with Crippen LogP contribution in [0.15, 0.2) is 15.7 Å². The van der Waals surface area contributed by atoms with Crippen LogP contribution in [0.4, 0.5) is 5.00 Å². The highest BCUT2D eigenvalue weighted by molar-refractivity contribution is 7.84. The molecule has 3 aliphatic carbocycles. The lowest BCUT2D eigenvalue weighted by Crippen LogP contribution is -2.44. The lowest BCUT2D eigenvalue weighted by atomic mass is 9.63. The first-order valence-electron chi connectivity index (χ1n) is 13.4. The summed E-state index contributed by atoms with van der Waals surface area (Å²) >= 11 is 1.53. The summed E-state index contributed by atoms with van der Waals surface area (Å²) in [5, 5.41) is 21.0. The van der Waals surface area contributed by atoms with Crippen molar-refractivity contribution in [3.8, 4) is 17.6 Å². The van der Waals surface area contributed by atoms with E-state index in [1.54, 1.807) is 12.5 Å². The molecule has 4 atom stereocenters. The average molecular weight is 563 g/mol. The molecule has 1 fully saturated rings. The van der Waals surface area contributed by atoms with Crippen molar-refractivity contribution in [2.75, 3.05) is 26.1 Å². The lowest BCUT2D eigenvalue weighted by Gasteiger charge is -2.41. The second-order valence-electron chi connectivity index (χ2n) is 11.2. The molecule has 0 bridgehead atoms. The monoisotopic (exact) mass is 562 g/mol. The van der Waals surface area contributed by atoms with Crippen molar-refractivity contribution in [2.24, 2.45) is 0 Å². The van der Waals surface area contributed by atoms with Gasteiger partial charge >= 0.3 is 0 Å². The lowest BCUT2D eigenvalue weighted by molar-refractivity contribution is 0.107. The fourth-order valence-electron chi connectivity index (χ4n) is 7.04. The Labute approximate surface area is 232 Å². The second kappa shape index (κ2) is 8.94. The van der Waals surface area contributed by atoms with Gasteiger partial charge in [0.15, 0.2) is 22.9 Å². The van der Waals surface area contributed by atoms with Crippen LogP contribution in [0, 0.1) is 11.3 Å². The third-order valence-corrected chi connectivity index (χ3v) is 10.9. The predicted molar refractivity (Wildman–Crippen MR) is 149 cm³/mol. The van der Waals surface area contributed by atoms with E-state index in [0.29, 0.717) is 44.2 Å². The SMILES string of the molecule is CN(C)[C@H]1CC[C@@H]1n1ncc2c(S(C)=O)nc(-c3noc4c3CCC[C@@]43CCCc4sc(N)c(C#N)c43)nc21. The van der Waals surface area contributed by atoms with Gasteiger partial charge < -0.3 is 15.2 Å². The van der Waals surface area contributed by atoms with E-state index in [0.717, 1.165) is 68.3 Å². The molecule has 0 aromatic carbocycles. The van der Waals surface area contributed by atoms with Gasteiger partial charge in [-0.2, -0.15) is 10.4 Å². The number of aryl methyl sites for hydroxylation is 1. The first-order valence-corrected chi connectivity index (χ1v) is 15.8. The van der Waals surface area contributed by atoms with Gasteiger partial charge in [0.05, 0.1) is 39.4 Å². The zero-order valence-corrected chi connectivity index (χ0v) is 23.9. The maximum Gasteiger partial charge on any atom is 0.185 e. The number of nitrogen functional groups attached to an aromatic ring is 1. The zero-order valence-electron chi connectivity index (χ0n) is 22.2. The van der Waals surface area contributed by atoms with Crippen molar-refractivity contribution >= 4 is 38.2 Å². The summed E-state index contributed by atoms with van der Waals surface area (Å²) in [5.41, 5.74) is 9.76. The summed E-state index contributed by atoms with van der Waals surface area (Å²) in [5.74, 6) is 1.22. The molecule has 202 valence electrons. The highest BCUT2D eigenvalue weighted by atomic mass is 32.2. The van der Waals surface area contributed by atoms with E-state index in [-0.39, 0.29) is 6.04 Å². The summed E-state index contributed by atoms with van der Waals surface area (Å²) in [6.07, 6.45) is 10.9. The van der Waals surface area contributed by atoms with Crippen LogP contribution in [0.25, 0.3) is 22.6 Å². The number of nitrogens with two attached hydrogens (primary N) is 1. The first-order chi connectivity index (χ1) is 18.8.